The first-order valence-corrected chi connectivity index (χ1v) is 7.25. The van der Waals surface area contributed by atoms with Gasteiger partial charge in [-0.25, -0.2) is 4.98 Å². The number of rotatable bonds is 4. The van der Waals surface area contributed by atoms with Crippen LogP contribution in [0.25, 0.3) is 0 Å². The molecule has 24 heavy (non-hydrogen) atoms. The summed E-state index contributed by atoms with van der Waals surface area (Å²) < 4.78 is 5.59. The maximum absolute atomic E-state index is 12.1. The summed E-state index contributed by atoms with van der Waals surface area (Å²) >= 11 is 0. The van der Waals surface area contributed by atoms with Gasteiger partial charge in [0.2, 0.25) is 5.88 Å². The smallest absolute Gasteiger partial charge is 0.255 e. The van der Waals surface area contributed by atoms with Crippen LogP contribution in [0.4, 0.5) is 5.69 Å². The normalized spacial score (nSPS) is 9.79. The summed E-state index contributed by atoms with van der Waals surface area (Å²) in [5, 5.41) is 11.5. The van der Waals surface area contributed by atoms with Crippen LogP contribution in [0.3, 0.4) is 0 Å². The van der Waals surface area contributed by atoms with Crippen molar-refractivity contribution in [3.05, 3.63) is 84.1 Å². The molecule has 3 aromatic rings. The summed E-state index contributed by atoms with van der Waals surface area (Å²) in [4.78, 5) is 16.3. The van der Waals surface area contributed by atoms with Crippen molar-refractivity contribution in [2.75, 3.05) is 5.32 Å². The minimum atomic E-state index is -0.266. The molecule has 1 heterocycles. The molecule has 0 spiro atoms. The Kier molecular flexibility index (Phi) is 4.50. The maximum atomic E-state index is 12.1. The minimum Gasteiger partial charge on any atom is -0.439 e. The Bertz CT molecular complexity index is 867. The van der Waals surface area contributed by atoms with Gasteiger partial charge in [-0.3, -0.25) is 4.79 Å². The fourth-order valence-corrected chi connectivity index (χ4v) is 2.02. The van der Waals surface area contributed by atoms with Gasteiger partial charge in [-0.1, -0.05) is 18.2 Å². The highest BCUT2D eigenvalue weighted by atomic mass is 16.5. The maximum Gasteiger partial charge on any atom is 0.255 e. The van der Waals surface area contributed by atoms with E-state index >= 15 is 0 Å². The number of hydrogen-bond acceptors (Lipinski definition) is 4. The SMILES string of the molecule is N#Cc1ccc(C(=O)Nc2ccc(Oc3ccccc3)nc2)cc1. The van der Waals surface area contributed by atoms with E-state index in [2.05, 4.69) is 10.3 Å². The molecule has 2 aromatic carbocycles. The summed E-state index contributed by atoms with van der Waals surface area (Å²) in [6, 6.07) is 21.2. The van der Waals surface area contributed by atoms with Gasteiger partial charge in [0.05, 0.1) is 23.5 Å². The van der Waals surface area contributed by atoms with Crippen molar-refractivity contribution in [1.82, 2.24) is 4.98 Å². The molecule has 0 aliphatic heterocycles. The number of nitriles is 1. The zero-order valence-electron chi connectivity index (χ0n) is 12.6. The van der Waals surface area contributed by atoms with Gasteiger partial charge in [0, 0.05) is 11.6 Å². The van der Waals surface area contributed by atoms with Gasteiger partial charge in [0.15, 0.2) is 0 Å². The van der Waals surface area contributed by atoms with E-state index in [-0.39, 0.29) is 5.91 Å². The molecule has 0 fully saturated rings. The summed E-state index contributed by atoms with van der Waals surface area (Å²) in [5.74, 6) is 0.870. The lowest BCUT2D eigenvalue weighted by Gasteiger charge is -2.07. The van der Waals surface area contributed by atoms with Crippen LogP contribution >= 0.6 is 0 Å². The van der Waals surface area contributed by atoms with Crippen LogP contribution in [0, 0.1) is 11.3 Å². The van der Waals surface area contributed by atoms with E-state index in [1.807, 2.05) is 36.4 Å². The molecule has 1 N–H and O–H groups in total. The molecule has 116 valence electrons. The molecule has 1 aromatic heterocycles. The van der Waals surface area contributed by atoms with Gasteiger partial charge in [-0.2, -0.15) is 5.26 Å². The van der Waals surface area contributed by atoms with E-state index in [4.69, 9.17) is 10.00 Å². The predicted octanol–water partition coefficient (Wildman–Crippen LogP) is 4.00. The third-order valence-electron chi connectivity index (χ3n) is 3.24. The first-order valence-electron chi connectivity index (χ1n) is 7.25. The van der Waals surface area contributed by atoms with Gasteiger partial charge in [-0.05, 0) is 42.5 Å². The average Bonchev–Trinajstić information content (AvgIpc) is 2.64. The molecule has 3 rings (SSSR count). The van der Waals surface area contributed by atoms with Gasteiger partial charge in [-0.15, -0.1) is 0 Å². The second kappa shape index (κ2) is 7.07. The van der Waals surface area contributed by atoms with Gasteiger partial charge in [0.25, 0.3) is 5.91 Å². The molecule has 0 saturated heterocycles. The van der Waals surface area contributed by atoms with Crippen molar-refractivity contribution >= 4 is 11.6 Å². The Balaban J connectivity index is 1.65. The van der Waals surface area contributed by atoms with Gasteiger partial charge < -0.3 is 10.1 Å². The fraction of sp³-hybridized carbons (Fsp3) is 0. The van der Waals surface area contributed by atoms with Crippen LogP contribution in [0.2, 0.25) is 0 Å². The van der Waals surface area contributed by atoms with E-state index in [0.29, 0.717) is 28.4 Å². The quantitative estimate of drug-likeness (QED) is 0.789. The highest BCUT2D eigenvalue weighted by molar-refractivity contribution is 6.04. The first kappa shape index (κ1) is 15.3. The van der Waals surface area contributed by atoms with Crippen LogP contribution in [-0.4, -0.2) is 10.9 Å². The van der Waals surface area contributed by atoms with Crippen LogP contribution in [-0.2, 0) is 0 Å². The van der Waals surface area contributed by atoms with E-state index in [1.54, 1.807) is 36.4 Å². The van der Waals surface area contributed by atoms with Crippen molar-refractivity contribution in [3.8, 4) is 17.7 Å². The van der Waals surface area contributed by atoms with Crippen molar-refractivity contribution in [3.63, 3.8) is 0 Å². The number of carbonyl (C=O) groups is 1. The molecule has 5 heteroatoms. The molecule has 0 radical (unpaired) electrons. The topological polar surface area (TPSA) is 75.0 Å². The van der Waals surface area contributed by atoms with Crippen molar-refractivity contribution < 1.29 is 9.53 Å². The number of benzene rings is 2. The second-order valence-corrected chi connectivity index (χ2v) is 4.94. The van der Waals surface area contributed by atoms with Gasteiger partial charge >= 0.3 is 0 Å². The molecule has 5 nitrogen and oxygen atoms in total. The number of aromatic nitrogens is 1. The van der Waals surface area contributed by atoms with E-state index in [9.17, 15) is 4.79 Å². The monoisotopic (exact) mass is 315 g/mol. The van der Waals surface area contributed by atoms with Crippen molar-refractivity contribution in [2.24, 2.45) is 0 Å². The van der Waals surface area contributed by atoms with Crippen molar-refractivity contribution in [2.45, 2.75) is 0 Å². The van der Waals surface area contributed by atoms with Crippen LogP contribution in [0.1, 0.15) is 15.9 Å². The number of pyridine rings is 1. The van der Waals surface area contributed by atoms with E-state index in [0.717, 1.165) is 0 Å². The highest BCUT2D eigenvalue weighted by Gasteiger charge is 2.07. The first-order chi connectivity index (χ1) is 11.7. The number of para-hydroxylation sites is 1. The highest BCUT2D eigenvalue weighted by Crippen LogP contribution is 2.20. The van der Waals surface area contributed by atoms with Gasteiger partial charge in [0.1, 0.15) is 5.75 Å². The molecule has 0 aliphatic carbocycles. The summed E-state index contributed by atoms with van der Waals surface area (Å²) in [7, 11) is 0. The molecule has 0 unspecified atom stereocenters. The zero-order valence-corrected chi connectivity index (χ0v) is 12.6. The lowest BCUT2D eigenvalue weighted by Crippen LogP contribution is -2.11. The number of amides is 1. The van der Waals surface area contributed by atoms with E-state index < -0.39 is 0 Å². The van der Waals surface area contributed by atoms with Crippen LogP contribution in [0.15, 0.2) is 72.9 Å². The Morgan fingerprint density at radius 2 is 1.75 bits per heavy atom. The largest absolute Gasteiger partial charge is 0.439 e. The van der Waals surface area contributed by atoms with Crippen LogP contribution < -0.4 is 10.1 Å². The number of anilines is 1. The summed E-state index contributed by atoms with van der Waals surface area (Å²) in [5.41, 5.74) is 1.54. The Hall–Kier alpha value is -3.65. The third kappa shape index (κ3) is 3.76. The summed E-state index contributed by atoms with van der Waals surface area (Å²) in [6.45, 7) is 0. The number of nitrogens with zero attached hydrogens (tertiary/aromatic N) is 2. The molecule has 1 amide bonds. The standard InChI is InChI=1S/C19H13N3O2/c20-12-14-6-8-15(9-7-14)19(23)22-16-10-11-18(21-13-16)24-17-4-2-1-3-5-17/h1-11,13H,(H,22,23). The average molecular weight is 315 g/mol. The Labute approximate surface area is 139 Å². The Morgan fingerprint density at radius 1 is 1.00 bits per heavy atom. The zero-order chi connectivity index (χ0) is 16.8. The molecule has 0 aliphatic rings. The molecule has 0 saturated carbocycles. The lowest BCUT2D eigenvalue weighted by molar-refractivity contribution is 0.102. The summed E-state index contributed by atoms with van der Waals surface area (Å²) in [6.07, 6.45) is 1.53. The van der Waals surface area contributed by atoms with Crippen LogP contribution in [0.5, 0.6) is 11.6 Å². The minimum absolute atomic E-state index is 0.266. The number of carbonyl (C=O) groups excluding carboxylic acids is 1. The predicted molar refractivity (Wildman–Crippen MR) is 89.9 cm³/mol. The Morgan fingerprint density at radius 3 is 2.38 bits per heavy atom. The lowest BCUT2D eigenvalue weighted by atomic mass is 10.1. The molecular weight excluding hydrogens is 302 g/mol. The number of nitrogens with one attached hydrogen (secondary N) is 1. The second-order valence-electron chi connectivity index (χ2n) is 4.94. The molecular formula is C19H13N3O2. The molecule has 0 bridgehead atoms. The number of hydrogen-bond donors (Lipinski definition) is 1. The fourth-order valence-electron chi connectivity index (χ4n) is 2.02. The van der Waals surface area contributed by atoms with E-state index in [1.165, 1.54) is 6.20 Å². The molecule has 0 atom stereocenters. The third-order valence-corrected chi connectivity index (χ3v) is 3.24. The number of ether oxygens (including phenoxy) is 1. The van der Waals surface area contributed by atoms with Crippen molar-refractivity contribution in [1.29, 1.82) is 5.26 Å².